The molecule has 2 N–H and O–H groups in total. The Labute approximate surface area is 109 Å². The summed E-state index contributed by atoms with van der Waals surface area (Å²) in [6.07, 6.45) is 3.09. The molecular formula is C15H22N2O. The third kappa shape index (κ3) is 6.21. The van der Waals surface area contributed by atoms with E-state index in [2.05, 4.69) is 35.8 Å². The highest BCUT2D eigenvalue weighted by atomic mass is 16.1. The molecule has 1 aromatic carbocycles. The van der Waals surface area contributed by atoms with E-state index in [4.69, 9.17) is 0 Å². The molecule has 0 aliphatic heterocycles. The van der Waals surface area contributed by atoms with Crippen LogP contribution in [0.1, 0.15) is 25.8 Å². The normalized spacial score (nSPS) is 11.3. The largest absolute Gasteiger partial charge is 0.355 e. The average Bonchev–Trinajstić information content (AvgIpc) is 2.37. The van der Waals surface area contributed by atoms with Gasteiger partial charge in [-0.25, -0.2) is 0 Å². The zero-order chi connectivity index (χ0) is 13.2. The third-order valence-corrected chi connectivity index (χ3v) is 2.47. The lowest BCUT2D eigenvalue weighted by Crippen LogP contribution is -2.34. The van der Waals surface area contributed by atoms with E-state index in [1.165, 1.54) is 11.1 Å². The number of hydrogen-bond donors (Lipinski definition) is 2. The van der Waals surface area contributed by atoms with Gasteiger partial charge in [-0.15, -0.1) is 0 Å². The van der Waals surface area contributed by atoms with Crippen molar-refractivity contribution in [2.75, 3.05) is 19.6 Å². The summed E-state index contributed by atoms with van der Waals surface area (Å²) in [4.78, 5) is 11.3. The van der Waals surface area contributed by atoms with Gasteiger partial charge in [0.15, 0.2) is 0 Å². The molecule has 1 aromatic rings. The van der Waals surface area contributed by atoms with Crippen molar-refractivity contribution in [3.05, 3.63) is 41.5 Å². The van der Waals surface area contributed by atoms with E-state index in [0.717, 1.165) is 19.5 Å². The maximum atomic E-state index is 11.3. The van der Waals surface area contributed by atoms with E-state index in [9.17, 15) is 4.79 Å². The number of carbonyl (C=O) groups excluding carboxylic acids is 1. The summed E-state index contributed by atoms with van der Waals surface area (Å²) >= 11 is 0. The minimum atomic E-state index is 0.0596. The Morgan fingerprint density at radius 3 is 2.61 bits per heavy atom. The summed E-state index contributed by atoms with van der Waals surface area (Å²) < 4.78 is 0. The van der Waals surface area contributed by atoms with E-state index in [0.29, 0.717) is 6.54 Å². The third-order valence-electron chi connectivity index (χ3n) is 2.47. The molecule has 3 nitrogen and oxygen atoms in total. The highest BCUT2D eigenvalue weighted by molar-refractivity contribution is 5.77. The molecule has 0 saturated heterocycles. The van der Waals surface area contributed by atoms with E-state index in [1.54, 1.807) is 0 Å². The molecule has 0 spiro atoms. The lowest BCUT2D eigenvalue weighted by Gasteiger charge is -2.06. The van der Waals surface area contributed by atoms with Crippen molar-refractivity contribution in [3.8, 4) is 0 Å². The first-order chi connectivity index (χ1) is 8.72. The molecule has 0 fully saturated rings. The minimum absolute atomic E-state index is 0.0596. The van der Waals surface area contributed by atoms with Crippen LogP contribution >= 0.6 is 0 Å². The zero-order valence-electron chi connectivity index (χ0n) is 11.2. The Bertz CT molecular complexity index is 385. The lowest BCUT2D eigenvalue weighted by molar-refractivity contribution is -0.120. The van der Waals surface area contributed by atoms with Gasteiger partial charge in [0.05, 0.1) is 6.54 Å². The molecule has 0 heterocycles. The Morgan fingerprint density at radius 1 is 1.22 bits per heavy atom. The highest BCUT2D eigenvalue weighted by Crippen LogP contribution is 2.04. The first kappa shape index (κ1) is 14.5. The molecular weight excluding hydrogens is 224 g/mol. The van der Waals surface area contributed by atoms with Crippen molar-refractivity contribution >= 4 is 12.0 Å². The van der Waals surface area contributed by atoms with Crippen molar-refractivity contribution < 1.29 is 4.79 Å². The molecule has 0 aliphatic carbocycles. The van der Waals surface area contributed by atoms with Gasteiger partial charge in [-0.2, -0.15) is 0 Å². The van der Waals surface area contributed by atoms with Crippen molar-refractivity contribution in [1.29, 1.82) is 0 Å². The summed E-state index contributed by atoms with van der Waals surface area (Å²) in [5.74, 6) is 0.0596. The van der Waals surface area contributed by atoms with Gasteiger partial charge in [0, 0.05) is 13.1 Å². The maximum Gasteiger partial charge on any atom is 0.233 e. The van der Waals surface area contributed by atoms with Crippen LogP contribution in [0.2, 0.25) is 0 Å². The number of benzene rings is 1. The molecule has 3 heteroatoms. The Kier molecular flexibility index (Phi) is 6.81. The number of hydrogen-bond acceptors (Lipinski definition) is 2. The molecule has 0 aromatic heterocycles. The monoisotopic (exact) mass is 246 g/mol. The van der Waals surface area contributed by atoms with Crippen LogP contribution in [0.15, 0.2) is 35.9 Å². The first-order valence-corrected chi connectivity index (χ1v) is 6.42. The smallest absolute Gasteiger partial charge is 0.233 e. The Balaban J connectivity index is 2.27. The van der Waals surface area contributed by atoms with Crippen LogP contribution in [0.3, 0.4) is 0 Å². The molecule has 0 saturated carbocycles. The standard InChI is InChI=1S/C15H22N2O/c1-3-9-17-15(18)12-16-11-13(2)10-14-7-5-4-6-8-14/h4-8,10,16H,3,9,11-12H2,1-2H3,(H,17,18)/b13-10+. The SMILES string of the molecule is CCCNC(=O)CNC/C(C)=C/c1ccccc1. The quantitative estimate of drug-likeness (QED) is 0.774. The number of amides is 1. The Morgan fingerprint density at radius 2 is 1.94 bits per heavy atom. The summed E-state index contributed by atoms with van der Waals surface area (Å²) in [7, 11) is 0. The van der Waals surface area contributed by atoms with Crippen LogP contribution in [0.25, 0.3) is 6.08 Å². The van der Waals surface area contributed by atoms with Crippen LogP contribution in [0.5, 0.6) is 0 Å². The first-order valence-electron chi connectivity index (χ1n) is 6.42. The van der Waals surface area contributed by atoms with Crippen LogP contribution in [0, 0.1) is 0 Å². The topological polar surface area (TPSA) is 41.1 Å². The van der Waals surface area contributed by atoms with Crippen molar-refractivity contribution in [3.63, 3.8) is 0 Å². The van der Waals surface area contributed by atoms with E-state index in [-0.39, 0.29) is 5.91 Å². The molecule has 0 bridgehead atoms. The Hall–Kier alpha value is -1.61. The second-order valence-corrected chi connectivity index (χ2v) is 4.35. The molecule has 0 atom stereocenters. The fourth-order valence-corrected chi connectivity index (χ4v) is 1.58. The molecule has 98 valence electrons. The lowest BCUT2D eigenvalue weighted by atomic mass is 10.1. The van der Waals surface area contributed by atoms with Gasteiger partial charge in [0.25, 0.3) is 0 Å². The summed E-state index contributed by atoms with van der Waals surface area (Å²) in [5.41, 5.74) is 2.40. The van der Waals surface area contributed by atoms with Crippen molar-refractivity contribution in [2.24, 2.45) is 0 Å². The second kappa shape index (κ2) is 8.48. The predicted molar refractivity (Wildman–Crippen MR) is 76.3 cm³/mol. The molecule has 18 heavy (non-hydrogen) atoms. The van der Waals surface area contributed by atoms with E-state index >= 15 is 0 Å². The molecule has 1 amide bonds. The highest BCUT2D eigenvalue weighted by Gasteiger charge is 1.98. The molecule has 1 rings (SSSR count). The van der Waals surface area contributed by atoms with Crippen LogP contribution < -0.4 is 10.6 Å². The van der Waals surface area contributed by atoms with Crippen LogP contribution in [-0.2, 0) is 4.79 Å². The summed E-state index contributed by atoms with van der Waals surface area (Å²) in [5, 5.41) is 5.97. The average molecular weight is 246 g/mol. The van der Waals surface area contributed by atoms with E-state index < -0.39 is 0 Å². The van der Waals surface area contributed by atoms with Gasteiger partial charge in [0.1, 0.15) is 0 Å². The van der Waals surface area contributed by atoms with Gasteiger partial charge in [-0.05, 0) is 18.9 Å². The van der Waals surface area contributed by atoms with Gasteiger partial charge >= 0.3 is 0 Å². The van der Waals surface area contributed by atoms with Gasteiger partial charge in [0.2, 0.25) is 5.91 Å². The fourth-order valence-electron chi connectivity index (χ4n) is 1.58. The fraction of sp³-hybridized carbons (Fsp3) is 0.400. The van der Waals surface area contributed by atoms with Gasteiger partial charge < -0.3 is 10.6 Å². The van der Waals surface area contributed by atoms with Gasteiger partial charge in [-0.3, -0.25) is 4.79 Å². The summed E-state index contributed by atoms with van der Waals surface area (Å²) in [6.45, 7) is 5.96. The predicted octanol–water partition coefficient (Wildman–Crippen LogP) is 2.21. The number of carbonyl (C=O) groups is 1. The molecule has 0 unspecified atom stereocenters. The van der Waals surface area contributed by atoms with Crippen LogP contribution in [-0.4, -0.2) is 25.5 Å². The molecule has 0 radical (unpaired) electrons. The van der Waals surface area contributed by atoms with Crippen molar-refractivity contribution in [2.45, 2.75) is 20.3 Å². The van der Waals surface area contributed by atoms with E-state index in [1.807, 2.05) is 25.1 Å². The molecule has 0 aliphatic rings. The number of nitrogens with one attached hydrogen (secondary N) is 2. The number of rotatable bonds is 7. The summed E-state index contributed by atoms with van der Waals surface area (Å²) in [6, 6.07) is 10.2. The maximum absolute atomic E-state index is 11.3. The van der Waals surface area contributed by atoms with Crippen molar-refractivity contribution in [1.82, 2.24) is 10.6 Å². The zero-order valence-corrected chi connectivity index (χ0v) is 11.2. The minimum Gasteiger partial charge on any atom is -0.355 e. The van der Waals surface area contributed by atoms with Crippen LogP contribution in [0.4, 0.5) is 0 Å². The van der Waals surface area contributed by atoms with Gasteiger partial charge in [-0.1, -0.05) is 48.9 Å². The second-order valence-electron chi connectivity index (χ2n) is 4.35.